The fourth-order valence-electron chi connectivity index (χ4n) is 2.39. The average molecular weight is 397 g/mol. The molecule has 1 amide bonds. The largest absolute Gasteiger partial charge is 0.378 e. The summed E-state index contributed by atoms with van der Waals surface area (Å²) in [4.78, 5) is 22.7. The second-order valence-corrected chi connectivity index (χ2v) is 6.95. The number of rotatable bonds is 6. The lowest BCUT2D eigenvalue weighted by Crippen LogP contribution is -2.36. The molecule has 0 aliphatic carbocycles. The van der Waals surface area contributed by atoms with Crippen molar-refractivity contribution < 1.29 is 13.9 Å². The van der Waals surface area contributed by atoms with Crippen LogP contribution in [0.1, 0.15) is 5.56 Å². The van der Waals surface area contributed by atoms with Crippen LogP contribution >= 0.6 is 23.4 Å². The van der Waals surface area contributed by atoms with Gasteiger partial charge in [-0.25, -0.2) is 14.4 Å². The van der Waals surface area contributed by atoms with E-state index < -0.39 is 0 Å². The van der Waals surface area contributed by atoms with Crippen molar-refractivity contribution in [2.45, 2.75) is 11.7 Å². The Hall–Kier alpha value is -1.90. The van der Waals surface area contributed by atoms with Crippen molar-refractivity contribution in [1.29, 1.82) is 0 Å². The van der Waals surface area contributed by atoms with Crippen LogP contribution in [0.4, 0.5) is 10.2 Å². The van der Waals surface area contributed by atoms with E-state index in [0.29, 0.717) is 30.1 Å². The maximum atomic E-state index is 12.9. The molecule has 2 heterocycles. The maximum Gasteiger partial charge on any atom is 0.230 e. The Morgan fingerprint density at radius 2 is 2.00 bits per heavy atom. The van der Waals surface area contributed by atoms with Gasteiger partial charge in [-0.2, -0.15) is 0 Å². The van der Waals surface area contributed by atoms with Gasteiger partial charge in [0.1, 0.15) is 16.8 Å². The topological polar surface area (TPSA) is 67.4 Å². The summed E-state index contributed by atoms with van der Waals surface area (Å²) in [5, 5.41) is 3.58. The molecule has 1 aliphatic heterocycles. The Bertz CT molecular complexity index is 757. The standard InChI is InChI=1S/C17H18ClFN4O2S/c18-14-9-15(23-5-7-25-8-6-23)22-17(21-14)26-11-16(24)20-10-12-1-3-13(19)4-2-12/h1-4,9H,5-8,10-11H2,(H,20,24). The van der Waals surface area contributed by atoms with Gasteiger partial charge in [-0.15, -0.1) is 0 Å². The van der Waals surface area contributed by atoms with Crippen LogP contribution in [0, 0.1) is 5.82 Å². The van der Waals surface area contributed by atoms with E-state index in [1.165, 1.54) is 23.9 Å². The number of hydrogen-bond donors (Lipinski definition) is 1. The Kier molecular flexibility index (Phi) is 6.65. The van der Waals surface area contributed by atoms with Crippen LogP contribution in [0.5, 0.6) is 0 Å². The Balaban J connectivity index is 1.52. The number of nitrogens with one attached hydrogen (secondary N) is 1. The molecule has 3 rings (SSSR count). The minimum atomic E-state index is -0.301. The highest BCUT2D eigenvalue weighted by Crippen LogP contribution is 2.22. The second-order valence-electron chi connectivity index (χ2n) is 5.62. The third-order valence-electron chi connectivity index (χ3n) is 3.73. The average Bonchev–Trinajstić information content (AvgIpc) is 2.66. The molecule has 1 aromatic heterocycles. The van der Waals surface area contributed by atoms with Gasteiger partial charge in [0, 0.05) is 25.7 Å². The number of aromatic nitrogens is 2. The lowest BCUT2D eigenvalue weighted by Gasteiger charge is -2.27. The molecule has 0 saturated carbocycles. The number of carbonyl (C=O) groups is 1. The Morgan fingerprint density at radius 3 is 2.73 bits per heavy atom. The van der Waals surface area contributed by atoms with Gasteiger partial charge in [0.15, 0.2) is 5.16 Å². The fraction of sp³-hybridized carbons (Fsp3) is 0.353. The predicted molar refractivity (Wildman–Crippen MR) is 99.0 cm³/mol. The molecule has 0 bridgehead atoms. The molecule has 1 N–H and O–H groups in total. The number of thioether (sulfide) groups is 1. The third-order valence-corrected chi connectivity index (χ3v) is 4.77. The first-order valence-electron chi connectivity index (χ1n) is 8.11. The number of benzene rings is 1. The number of ether oxygens (including phenoxy) is 1. The summed E-state index contributed by atoms with van der Waals surface area (Å²) in [6.45, 7) is 3.13. The molecule has 0 spiro atoms. The summed E-state index contributed by atoms with van der Waals surface area (Å²) in [5.41, 5.74) is 0.832. The molecule has 138 valence electrons. The summed E-state index contributed by atoms with van der Waals surface area (Å²) >= 11 is 7.31. The van der Waals surface area contributed by atoms with Gasteiger partial charge < -0.3 is 15.0 Å². The highest BCUT2D eigenvalue weighted by Gasteiger charge is 2.15. The van der Waals surface area contributed by atoms with Crippen LogP contribution in [0.25, 0.3) is 0 Å². The lowest BCUT2D eigenvalue weighted by molar-refractivity contribution is -0.118. The summed E-state index contributed by atoms with van der Waals surface area (Å²) in [6.07, 6.45) is 0. The van der Waals surface area contributed by atoms with Crippen molar-refractivity contribution >= 4 is 35.1 Å². The van der Waals surface area contributed by atoms with Crippen LogP contribution in [0.2, 0.25) is 5.15 Å². The minimum Gasteiger partial charge on any atom is -0.378 e. The number of hydrogen-bond acceptors (Lipinski definition) is 6. The monoisotopic (exact) mass is 396 g/mol. The van der Waals surface area contributed by atoms with Crippen molar-refractivity contribution in [2.75, 3.05) is 37.0 Å². The van der Waals surface area contributed by atoms with Gasteiger partial charge in [0.05, 0.1) is 19.0 Å². The van der Waals surface area contributed by atoms with Crippen molar-refractivity contribution in [1.82, 2.24) is 15.3 Å². The van der Waals surface area contributed by atoms with Crippen molar-refractivity contribution in [2.24, 2.45) is 0 Å². The molecule has 9 heteroatoms. The van der Waals surface area contributed by atoms with Crippen LogP contribution < -0.4 is 10.2 Å². The first-order chi connectivity index (χ1) is 12.6. The van der Waals surface area contributed by atoms with E-state index in [1.807, 2.05) is 0 Å². The van der Waals surface area contributed by atoms with Crippen LogP contribution in [-0.4, -0.2) is 47.9 Å². The van der Waals surface area contributed by atoms with E-state index in [9.17, 15) is 9.18 Å². The minimum absolute atomic E-state index is 0.157. The Morgan fingerprint density at radius 1 is 1.27 bits per heavy atom. The van der Waals surface area contributed by atoms with Crippen LogP contribution in [0.3, 0.4) is 0 Å². The summed E-state index contributed by atoms with van der Waals surface area (Å²) in [6, 6.07) is 7.72. The zero-order chi connectivity index (χ0) is 18.4. The molecular formula is C17H18ClFN4O2S. The fourth-order valence-corrected chi connectivity index (χ4v) is 3.30. The van der Waals surface area contributed by atoms with E-state index in [4.69, 9.17) is 16.3 Å². The molecule has 0 radical (unpaired) electrons. The number of carbonyl (C=O) groups excluding carboxylic acids is 1. The molecule has 26 heavy (non-hydrogen) atoms. The SMILES string of the molecule is O=C(CSc1nc(Cl)cc(N2CCOCC2)n1)NCc1ccc(F)cc1. The third kappa shape index (κ3) is 5.55. The van der Waals surface area contributed by atoms with Gasteiger partial charge >= 0.3 is 0 Å². The van der Waals surface area contributed by atoms with Gasteiger partial charge in [-0.05, 0) is 17.7 Å². The van der Waals surface area contributed by atoms with Crippen molar-refractivity contribution in [3.05, 3.63) is 46.9 Å². The van der Waals surface area contributed by atoms with Gasteiger partial charge in [-0.3, -0.25) is 4.79 Å². The van der Waals surface area contributed by atoms with Crippen molar-refractivity contribution in [3.63, 3.8) is 0 Å². The lowest BCUT2D eigenvalue weighted by atomic mass is 10.2. The quantitative estimate of drug-likeness (QED) is 0.459. The van der Waals surface area contributed by atoms with Crippen molar-refractivity contribution in [3.8, 4) is 0 Å². The number of morpholine rings is 1. The molecule has 0 atom stereocenters. The molecule has 0 unspecified atom stereocenters. The normalized spacial score (nSPS) is 14.3. The molecule has 2 aromatic rings. The number of nitrogens with zero attached hydrogens (tertiary/aromatic N) is 3. The predicted octanol–water partition coefficient (Wildman–Crippen LogP) is 2.51. The molecule has 1 aromatic carbocycles. The summed E-state index contributed by atoms with van der Waals surface area (Å²) in [5.74, 6) is 0.451. The summed E-state index contributed by atoms with van der Waals surface area (Å²) in [7, 11) is 0. The number of anilines is 1. The smallest absolute Gasteiger partial charge is 0.230 e. The van der Waals surface area contributed by atoms with Crippen LogP contribution in [-0.2, 0) is 16.1 Å². The van der Waals surface area contributed by atoms with E-state index in [2.05, 4.69) is 20.2 Å². The maximum absolute atomic E-state index is 12.9. The van der Waals surface area contributed by atoms with Gasteiger partial charge in [0.25, 0.3) is 0 Å². The molecular weight excluding hydrogens is 379 g/mol. The number of amides is 1. The Labute approximate surface area is 160 Å². The zero-order valence-corrected chi connectivity index (χ0v) is 15.5. The zero-order valence-electron chi connectivity index (χ0n) is 14.0. The highest BCUT2D eigenvalue weighted by molar-refractivity contribution is 7.99. The van der Waals surface area contributed by atoms with Gasteiger partial charge in [-0.1, -0.05) is 35.5 Å². The second kappa shape index (κ2) is 9.16. The molecule has 1 fully saturated rings. The van der Waals surface area contributed by atoms with E-state index in [0.717, 1.165) is 24.5 Å². The summed E-state index contributed by atoms with van der Waals surface area (Å²) < 4.78 is 18.2. The van der Waals surface area contributed by atoms with Crippen LogP contribution in [0.15, 0.2) is 35.5 Å². The van der Waals surface area contributed by atoms with Gasteiger partial charge in [0.2, 0.25) is 5.91 Å². The first-order valence-corrected chi connectivity index (χ1v) is 9.48. The highest BCUT2D eigenvalue weighted by atomic mass is 35.5. The number of halogens is 2. The van der Waals surface area contributed by atoms with E-state index in [1.54, 1.807) is 18.2 Å². The molecule has 6 nitrogen and oxygen atoms in total. The van der Waals surface area contributed by atoms with E-state index in [-0.39, 0.29) is 17.5 Å². The molecule has 1 saturated heterocycles. The molecule has 1 aliphatic rings. The first kappa shape index (κ1) is 18.9. The van der Waals surface area contributed by atoms with E-state index >= 15 is 0 Å².